The normalized spacial score (nSPS) is 11.4. The summed E-state index contributed by atoms with van der Waals surface area (Å²) in [6.07, 6.45) is 2.17. The van der Waals surface area contributed by atoms with Crippen molar-refractivity contribution < 1.29 is 0 Å². The topological polar surface area (TPSA) is 43.6 Å². The van der Waals surface area contributed by atoms with Crippen molar-refractivity contribution in [2.75, 3.05) is 0 Å². The third kappa shape index (κ3) is 6.06. The fourth-order valence-electron chi connectivity index (χ4n) is 7.99. The molecule has 58 heavy (non-hydrogen) atoms. The van der Waals surface area contributed by atoms with Crippen molar-refractivity contribution in [3.8, 4) is 73.2 Å². The lowest BCUT2D eigenvalue weighted by Crippen LogP contribution is -2.05. The molecule has 11 rings (SSSR count). The molecule has 0 radical (unpaired) electrons. The van der Waals surface area contributed by atoms with Crippen LogP contribution in [0.4, 0.5) is 0 Å². The Kier molecular flexibility index (Phi) is 8.30. The van der Waals surface area contributed by atoms with Gasteiger partial charge >= 0.3 is 0 Å². The molecule has 0 spiro atoms. The van der Waals surface area contributed by atoms with Crippen LogP contribution < -0.4 is 0 Å². The number of rotatable bonds is 7. The first-order valence-corrected chi connectivity index (χ1v) is 20.2. The van der Waals surface area contributed by atoms with Gasteiger partial charge in [0.25, 0.3) is 0 Å². The number of aromatic nitrogens is 4. The average molecular weight is 759 g/mol. The number of benzene rings is 8. The van der Waals surface area contributed by atoms with E-state index in [0.29, 0.717) is 17.6 Å². The predicted molar refractivity (Wildman–Crippen MR) is 242 cm³/mol. The van der Waals surface area contributed by atoms with Gasteiger partial charge in [0.2, 0.25) is 5.95 Å². The molecule has 0 aliphatic carbocycles. The van der Waals surface area contributed by atoms with E-state index in [9.17, 15) is 0 Å². The number of para-hydroxylation sites is 1. The molecule has 272 valence electrons. The molecule has 0 amide bonds. The fourth-order valence-corrected chi connectivity index (χ4v) is 9.23. The highest BCUT2D eigenvalue weighted by molar-refractivity contribution is 7.26. The molecule has 3 heterocycles. The maximum absolute atomic E-state index is 5.17. The Bertz CT molecular complexity index is 3140. The Morgan fingerprint density at radius 1 is 0.328 bits per heavy atom. The van der Waals surface area contributed by atoms with E-state index in [1.165, 1.54) is 42.4 Å². The molecule has 0 N–H and O–H groups in total. The highest BCUT2D eigenvalue weighted by atomic mass is 32.1. The van der Waals surface area contributed by atoms with E-state index >= 15 is 0 Å². The van der Waals surface area contributed by atoms with Gasteiger partial charge in [0.15, 0.2) is 11.6 Å². The van der Waals surface area contributed by atoms with E-state index < -0.39 is 0 Å². The maximum Gasteiger partial charge on any atom is 0.238 e. The third-order valence-electron chi connectivity index (χ3n) is 11.0. The summed E-state index contributed by atoms with van der Waals surface area (Å²) >= 11 is 1.86. The van der Waals surface area contributed by atoms with Crippen molar-refractivity contribution in [1.82, 2.24) is 19.5 Å². The number of thiophene rings is 1. The Hall–Kier alpha value is -7.47. The third-order valence-corrected chi connectivity index (χ3v) is 12.2. The largest absolute Gasteiger partial charge is 0.285 e. The summed E-state index contributed by atoms with van der Waals surface area (Å²) in [7, 11) is 0. The minimum absolute atomic E-state index is 0.565. The van der Waals surface area contributed by atoms with Gasteiger partial charge in [-0.1, -0.05) is 188 Å². The zero-order chi connectivity index (χ0) is 38.4. The molecule has 11 aromatic rings. The Balaban J connectivity index is 1.02. The first-order valence-electron chi connectivity index (χ1n) is 19.4. The highest BCUT2D eigenvalue weighted by Gasteiger charge is 2.18. The van der Waals surface area contributed by atoms with Crippen LogP contribution in [0.25, 0.3) is 104 Å². The van der Waals surface area contributed by atoms with E-state index in [1.54, 1.807) is 0 Å². The van der Waals surface area contributed by atoms with Gasteiger partial charge in [-0.05, 0) is 51.1 Å². The van der Waals surface area contributed by atoms with Crippen molar-refractivity contribution in [2.45, 2.75) is 0 Å². The lowest BCUT2D eigenvalue weighted by Gasteiger charge is -2.11. The number of fused-ring (bicyclic) bond motifs is 4. The molecule has 0 unspecified atom stereocenters. The molecule has 0 atom stereocenters. The van der Waals surface area contributed by atoms with Crippen LogP contribution in [0, 0.1) is 0 Å². The van der Waals surface area contributed by atoms with Crippen LogP contribution in [0.3, 0.4) is 0 Å². The summed E-state index contributed by atoms with van der Waals surface area (Å²) in [4.78, 5) is 15.4. The van der Waals surface area contributed by atoms with Gasteiger partial charge < -0.3 is 0 Å². The zero-order valence-corrected chi connectivity index (χ0v) is 32.1. The first-order chi connectivity index (χ1) is 28.7. The van der Waals surface area contributed by atoms with Crippen molar-refractivity contribution in [1.29, 1.82) is 0 Å². The van der Waals surface area contributed by atoms with Crippen LogP contribution in [-0.4, -0.2) is 19.5 Å². The molecule has 3 aromatic heterocycles. The Morgan fingerprint density at radius 2 is 0.793 bits per heavy atom. The molecule has 0 fully saturated rings. The van der Waals surface area contributed by atoms with Gasteiger partial charge in [0, 0.05) is 48.4 Å². The summed E-state index contributed by atoms with van der Waals surface area (Å²) in [5, 5.41) is 3.75. The summed E-state index contributed by atoms with van der Waals surface area (Å²) < 4.78 is 4.74. The van der Waals surface area contributed by atoms with Crippen LogP contribution >= 0.6 is 11.3 Å². The molecule has 0 aliphatic rings. The second-order valence-corrected chi connectivity index (χ2v) is 15.5. The fraction of sp³-hybridized carbons (Fsp3) is 0. The second kappa shape index (κ2) is 14.2. The second-order valence-electron chi connectivity index (χ2n) is 14.5. The van der Waals surface area contributed by atoms with Gasteiger partial charge in [-0.3, -0.25) is 4.57 Å². The molecular formula is C53H34N4S. The van der Waals surface area contributed by atoms with Gasteiger partial charge in [0.05, 0.1) is 5.52 Å². The van der Waals surface area contributed by atoms with E-state index in [2.05, 4.69) is 199 Å². The molecule has 0 saturated heterocycles. The Labute approximate surface area is 340 Å². The molecule has 0 saturated carbocycles. The van der Waals surface area contributed by atoms with E-state index in [1.807, 2.05) is 23.5 Å². The van der Waals surface area contributed by atoms with Crippen LogP contribution in [0.1, 0.15) is 0 Å². The summed E-state index contributed by atoms with van der Waals surface area (Å²) in [5.74, 6) is 1.80. The molecule has 4 nitrogen and oxygen atoms in total. The van der Waals surface area contributed by atoms with Crippen LogP contribution in [0.5, 0.6) is 0 Å². The molecule has 5 heteroatoms. The molecule has 0 bridgehead atoms. The molecular weight excluding hydrogens is 725 g/mol. The summed E-state index contributed by atoms with van der Waals surface area (Å²) in [6.45, 7) is 0. The summed E-state index contributed by atoms with van der Waals surface area (Å²) in [6, 6.07) is 70.6. The van der Waals surface area contributed by atoms with Gasteiger partial charge in [0.1, 0.15) is 0 Å². The van der Waals surface area contributed by atoms with Crippen LogP contribution in [-0.2, 0) is 0 Å². The van der Waals surface area contributed by atoms with Gasteiger partial charge in [-0.2, -0.15) is 9.97 Å². The average Bonchev–Trinajstić information content (AvgIpc) is 3.89. The van der Waals surface area contributed by atoms with E-state index in [0.717, 1.165) is 44.3 Å². The lowest BCUT2D eigenvalue weighted by atomic mass is 9.99. The highest BCUT2D eigenvalue weighted by Crippen LogP contribution is 2.41. The number of hydrogen-bond acceptors (Lipinski definition) is 4. The Morgan fingerprint density at radius 3 is 1.41 bits per heavy atom. The van der Waals surface area contributed by atoms with Crippen LogP contribution in [0.2, 0.25) is 0 Å². The van der Waals surface area contributed by atoms with Gasteiger partial charge in [-0.25, -0.2) is 4.98 Å². The molecule has 0 aliphatic heterocycles. The monoisotopic (exact) mass is 758 g/mol. The van der Waals surface area contributed by atoms with Gasteiger partial charge in [-0.15, -0.1) is 11.3 Å². The smallest absolute Gasteiger partial charge is 0.238 e. The zero-order valence-electron chi connectivity index (χ0n) is 31.3. The molecule has 8 aromatic carbocycles. The number of hydrogen-bond donors (Lipinski definition) is 0. The van der Waals surface area contributed by atoms with Crippen molar-refractivity contribution in [3.63, 3.8) is 0 Å². The SMILES string of the molecule is c1ccc(-c2ccc(-c3nc(-c4ccc(-c5ccccc5)cc4)nc(-n4cc(-c5ccc(-c6cccc7c6sc6ccccc67)cc5)c5ccccc54)n3)cc2)cc1. The van der Waals surface area contributed by atoms with E-state index in [-0.39, 0.29) is 0 Å². The lowest BCUT2D eigenvalue weighted by molar-refractivity contribution is 0.934. The minimum Gasteiger partial charge on any atom is -0.285 e. The first kappa shape index (κ1) is 33.8. The standard InChI is InChI=1S/C53H34N4S/c1-3-12-35(13-4-1)37-22-30-41(31-23-37)51-54-52(42-32-24-38(25-33-42)36-14-5-2-6-15-36)56-53(55-51)57-34-47(44-16-7-9-20-48(44)57)40-28-26-39(27-29-40)43-18-11-19-46-45-17-8-10-21-49(45)58-50(43)46/h1-34H. The quantitative estimate of drug-likeness (QED) is 0.163. The van der Waals surface area contributed by atoms with Crippen molar-refractivity contribution in [3.05, 3.63) is 206 Å². The van der Waals surface area contributed by atoms with Crippen LogP contribution in [0.15, 0.2) is 206 Å². The summed E-state index contributed by atoms with van der Waals surface area (Å²) in [5.41, 5.74) is 12.2. The number of nitrogens with zero attached hydrogens (tertiary/aromatic N) is 4. The maximum atomic E-state index is 5.17. The predicted octanol–water partition coefficient (Wildman–Crippen LogP) is 14.2. The van der Waals surface area contributed by atoms with Crippen molar-refractivity contribution in [2.24, 2.45) is 0 Å². The van der Waals surface area contributed by atoms with Crippen molar-refractivity contribution >= 4 is 42.4 Å². The van der Waals surface area contributed by atoms with E-state index in [4.69, 9.17) is 15.0 Å². The minimum atomic E-state index is 0.565.